The Kier molecular flexibility index (Phi) is 5.96. The highest BCUT2D eigenvalue weighted by atomic mass is 35.5. The number of hydrogen-bond acceptors (Lipinski definition) is 4. The van der Waals surface area contributed by atoms with Gasteiger partial charge in [0.05, 0.1) is 22.6 Å². The number of nitrogens with zero attached hydrogens (tertiary/aromatic N) is 4. The van der Waals surface area contributed by atoms with Gasteiger partial charge in [-0.25, -0.2) is 14.4 Å². The molecule has 5 rings (SSSR count). The van der Waals surface area contributed by atoms with E-state index in [1.165, 1.54) is 12.3 Å². The maximum Gasteiger partial charge on any atom is 0.228 e. The molecule has 0 atom stereocenters. The summed E-state index contributed by atoms with van der Waals surface area (Å²) in [6, 6.07) is 18.0. The molecule has 1 N–H and O–H groups in total. The Morgan fingerprint density at radius 2 is 1.91 bits per heavy atom. The maximum atomic E-state index is 13.8. The molecule has 1 amide bonds. The number of pyridine rings is 1. The summed E-state index contributed by atoms with van der Waals surface area (Å²) < 4.78 is 15.9. The van der Waals surface area contributed by atoms with E-state index < -0.39 is 0 Å². The molecule has 2 aromatic heterocycles. The van der Waals surface area contributed by atoms with E-state index in [9.17, 15) is 9.18 Å². The number of imidazole rings is 1. The van der Waals surface area contributed by atoms with Gasteiger partial charge in [0.25, 0.3) is 0 Å². The second kappa shape index (κ2) is 9.19. The van der Waals surface area contributed by atoms with E-state index in [0.717, 1.165) is 22.5 Å². The van der Waals surface area contributed by atoms with E-state index in [-0.39, 0.29) is 17.6 Å². The molecule has 0 spiro atoms. The molecule has 8 heteroatoms. The molecular formula is C25H23ClFN5O. The average Bonchev–Trinajstić information content (AvgIpc) is 3.19. The highest BCUT2D eigenvalue weighted by Crippen LogP contribution is 2.28. The fraction of sp³-hybridized carbons (Fsp3) is 0.240. The summed E-state index contributed by atoms with van der Waals surface area (Å²) in [4.78, 5) is 23.9. The predicted molar refractivity (Wildman–Crippen MR) is 128 cm³/mol. The monoisotopic (exact) mass is 463 g/mol. The van der Waals surface area contributed by atoms with E-state index in [1.54, 1.807) is 24.3 Å². The van der Waals surface area contributed by atoms with Gasteiger partial charge in [0.15, 0.2) is 0 Å². The van der Waals surface area contributed by atoms with Crippen molar-refractivity contribution in [2.75, 3.05) is 23.3 Å². The molecule has 3 heterocycles. The number of halogens is 2. The van der Waals surface area contributed by atoms with Gasteiger partial charge >= 0.3 is 0 Å². The molecule has 0 aliphatic carbocycles. The van der Waals surface area contributed by atoms with Crippen molar-refractivity contribution in [3.63, 3.8) is 0 Å². The Morgan fingerprint density at radius 1 is 1.09 bits per heavy atom. The van der Waals surface area contributed by atoms with Crippen molar-refractivity contribution in [1.29, 1.82) is 0 Å². The minimum absolute atomic E-state index is 0.0299. The first-order valence-corrected chi connectivity index (χ1v) is 11.3. The van der Waals surface area contributed by atoms with Crippen molar-refractivity contribution in [3.8, 4) is 0 Å². The fourth-order valence-electron chi connectivity index (χ4n) is 4.30. The van der Waals surface area contributed by atoms with Gasteiger partial charge in [-0.3, -0.25) is 4.79 Å². The molecule has 0 bridgehead atoms. The summed E-state index contributed by atoms with van der Waals surface area (Å²) in [5, 5.41) is 3.41. The number of nitrogens with one attached hydrogen (secondary N) is 1. The first-order valence-electron chi connectivity index (χ1n) is 10.9. The van der Waals surface area contributed by atoms with Gasteiger partial charge in [-0.1, -0.05) is 35.9 Å². The van der Waals surface area contributed by atoms with Gasteiger partial charge in [0.2, 0.25) is 11.9 Å². The first-order chi connectivity index (χ1) is 16.1. The molecule has 168 valence electrons. The van der Waals surface area contributed by atoms with E-state index in [0.29, 0.717) is 43.3 Å². The van der Waals surface area contributed by atoms with Crippen LogP contribution in [0.4, 0.5) is 16.2 Å². The number of carbonyl (C=O) groups is 1. The zero-order valence-corrected chi connectivity index (χ0v) is 18.7. The molecule has 6 nitrogen and oxygen atoms in total. The number of para-hydroxylation sites is 2. The van der Waals surface area contributed by atoms with Crippen molar-refractivity contribution < 1.29 is 9.18 Å². The molecule has 0 saturated carbocycles. The lowest BCUT2D eigenvalue weighted by Gasteiger charge is -2.32. The van der Waals surface area contributed by atoms with Crippen LogP contribution in [0.3, 0.4) is 0 Å². The molecule has 1 fully saturated rings. The van der Waals surface area contributed by atoms with Gasteiger partial charge in [-0.2, -0.15) is 0 Å². The van der Waals surface area contributed by atoms with Crippen LogP contribution < -0.4 is 10.2 Å². The first kappa shape index (κ1) is 21.4. The van der Waals surface area contributed by atoms with Crippen LogP contribution in [-0.2, 0) is 11.3 Å². The molecule has 4 aromatic rings. The number of carbonyl (C=O) groups excluding carboxylic acids is 1. The van der Waals surface area contributed by atoms with Crippen LogP contribution in [0, 0.1) is 11.7 Å². The van der Waals surface area contributed by atoms with Crippen molar-refractivity contribution in [2.45, 2.75) is 19.4 Å². The van der Waals surface area contributed by atoms with E-state index in [4.69, 9.17) is 16.6 Å². The highest BCUT2D eigenvalue weighted by molar-refractivity contribution is 6.30. The van der Waals surface area contributed by atoms with E-state index in [2.05, 4.69) is 19.8 Å². The minimum atomic E-state index is -0.250. The Hall–Kier alpha value is -3.45. The number of rotatable bonds is 5. The molecule has 1 aliphatic heterocycles. The number of fused-ring (bicyclic) bond motifs is 1. The summed E-state index contributed by atoms with van der Waals surface area (Å²) in [7, 11) is 0. The summed E-state index contributed by atoms with van der Waals surface area (Å²) in [5.41, 5.74) is 2.78. The third kappa shape index (κ3) is 4.68. The largest absolute Gasteiger partial charge is 0.342 e. The molecular weight excluding hydrogens is 441 g/mol. The Labute approximate surface area is 196 Å². The van der Waals surface area contributed by atoms with Gasteiger partial charge in [0, 0.05) is 25.2 Å². The normalized spacial score (nSPS) is 14.5. The standard InChI is InChI=1S/C25H23ClFN5O/c26-19-8-9-23(28-15-19)30-24(33)18-10-12-31(13-11-18)25-29-21-6-1-2-7-22(21)32(25)16-17-4-3-5-20(27)14-17/h1-9,14-15,18H,10-13,16H2,(H,28,30,33). The Balaban J connectivity index is 1.33. The molecule has 2 aromatic carbocycles. The summed E-state index contributed by atoms with van der Waals surface area (Å²) in [6.07, 6.45) is 2.94. The number of benzene rings is 2. The smallest absolute Gasteiger partial charge is 0.228 e. The zero-order valence-electron chi connectivity index (χ0n) is 17.9. The van der Waals surface area contributed by atoms with Crippen molar-refractivity contribution in [3.05, 3.63) is 83.3 Å². The average molecular weight is 464 g/mol. The Morgan fingerprint density at radius 3 is 2.67 bits per heavy atom. The van der Waals surface area contributed by atoms with Crippen LogP contribution in [0.5, 0.6) is 0 Å². The van der Waals surface area contributed by atoms with Crippen LogP contribution in [-0.4, -0.2) is 33.5 Å². The van der Waals surface area contributed by atoms with E-state index >= 15 is 0 Å². The molecule has 1 saturated heterocycles. The minimum Gasteiger partial charge on any atom is -0.342 e. The molecule has 33 heavy (non-hydrogen) atoms. The fourth-order valence-corrected chi connectivity index (χ4v) is 4.41. The lowest BCUT2D eigenvalue weighted by Crippen LogP contribution is -2.39. The quantitative estimate of drug-likeness (QED) is 0.446. The van der Waals surface area contributed by atoms with Crippen molar-refractivity contribution in [1.82, 2.24) is 14.5 Å². The number of aromatic nitrogens is 3. The van der Waals surface area contributed by atoms with Crippen molar-refractivity contribution in [2.24, 2.45) is 5.92 Å². The molecule has 0 radical (unpaired) electrons. The lowest BCUT2D eigenvalue weighted by atomic mass is 9.96. The topological polar surface area (TPSA) is 63.1 Å². The van der Waals surface area contributed by atoms with Gasteiger partial charge in [0.1, 0.15) is 11.6 Å². The number of amides is 1. The molecule has 0 unspecified atom stereocenters. The van der Waals surface area contributed by atoms with Crippen LogP contribution in [0.25, 0.3) is 11.0 Å². The SMILES string of the molecule is O=C(Nc1ccc(Cl)cn1)C1CCN(c2nc3ccccc3n2Cc2cccc(F)c2)CC1. The van der Waals surface area contributed by atoms with Crippen molar-refractivity contribution >= 4 is 40.3 Å². The number of anilines is 2. The van der Waals surface area contributed by atoms with Crippen LogP contribution in [0.1, 0.15) is 18.4 Å². The third-order valence-corrected chi connectivity index (χ3v) is 6.21. The molecule has 1 aliphatic rings. The highest BCUT2D eigenvalue weighted by Gasteiger charge is 2.28. The Bertz CT molecular complexity index is 1280. The summed E-state index contributed by atoms with van der Waals surface area (Å²) in [6.45, 7) is 1.94. The van der Waals surface area contributed by atoms with Crippen LogP contribution in [0.2, 0.25) is 5.02 Å². The second-order valence-electron chi connectivity index (χ2n) is 8.23. The zero-order chi connectivity index (χ0) is 22.8. The predicted octanol–water partition coefficient (Wildman–Crippen LogP) is 5.13. The van der Waals surface area contributed by atoms with E-state index in [1.807, 2.05) is 30.3 Å². The lowest BCUT2D eigenvalue weighted by molar-refractivity contribution is -0.120. The maximum absolute atomic E-state index is 13.8. The van der Waals surface area contributed by atoms with Gasteiger partial charge in [-0.05, 0) is 54.8 Å². The summed E-state index contributed by atoms with van der Waals surface area (Å²) >= 11 is 5.86. The van der Waals surface area contributed by atoms with Crippen LogP contribution >= 0.6 is 11.6 Å². The number of piperidine rings is 1. The summed E-state index contributed by atoms with van der Waals surface area (Å²) in [5.74, 6) is 0.973. The third-order valence-electron chi connectivity index (χ3n) is 5.99. The number of hydrogen-bond donors (Lipinski definition) is 1. The second-order valence-corrected chi connectivity index (χ2v) is 8.67. The van der Waals surface area contributed by atoms with Crippen LogP contribution in [0.15, 0.2) is 66.9 Å². The van der Waals surface area contributed by atoms with Gasteiger partial charge < -0.3 is 14.8 Å². The van der Waals surface area contributed by atoms with Gasteiger partial charge in [-0.15, -0.1) is 0 Å².